The van der Waals surface area contributed by atoms with Crippen LogP contribution in [-0.2, 0) is 0 Å². The van der Waals surface area contributed by atoms with E-state index in [9.17, 15) is 18.0 Å². The number of rotatable bonds is 3. The third-order valence-electron chi connectivity index (χ3n) is 5.52. The number of piperazine rings is 1. The van der Waals surface area contributed by atoms with Crippen LogP contribution in [0, 0.1) is 17.5 Å². The maximum Gasteiger partial charge on any atom is 0.257 e. The van der Waals surface area contributed by atoms with Crippen LogP contribution >= 0.6 is 0 Å². The molecule has 148 valence electrons. The largest absolute Gasteiger partial charge is 0.372 e. The molecule has 0 aromatic heterocycles. The lowest BCUT2D eigenvalue weighted by atomic mass is 10.1. The SMILES string of the molecule is O=C(c1ccc(F)c(F)c1F)N1CCN(c2ccc(N3CCCC3)cc2)CC1. The van der Waals surface area contributed by atoms with E-state index in [2.05, 4.69) is 34.1 Å². The molecule has 28 heavy (non-hydrogen) atoms. The van der Waals surface area contributed by atoms with Gasteiger partial charge in [-0.1, -0.05) is 0 Å². The molecule has 2 saturated heterocycles. The Hall–Kier alpha value is -2.70. The zero-order valence-electron chi connectivity index (χ0n) is 15.5. The second kappa shape index (κ2) is 7.73. The van der Waals surface area contributed by atoms with Gasteiger partial charge in [0.05, 0.1) is 5.56 Å². The number of nitrogens with zero attached hydrogens (tertiary/aromatic N) is 3. The number of hydrogen-bond acceptors (Lipinski definition) is 3. The van der Waals surface area contributed by atoms with Crippen LogP contribution in [0.25, 0.3) is 0 Å². The molecular weight excluding hydrogens is 367 g/mol. The fourth-order valence-electron chi connectivity index (χ4n) is 3.88. The average Bonchev–Trinajstić information content (AvgIpc) is 3.27. The van der Waals surface area contributed by atoms with E-state index in [4.69, 9.17) is 0 Å². The molecular formula is C21H22F3N3O. The van der Waals surface area contributed by atoms with Gasteiger partial charge in [0.2, 0.25) is 0 Å². The molecule has 2 aliphatic rings. The predicted molar refractivity (Wildman–Crippen MR) is 102 cm³/mol. The summed E-state index contributed by atoms with van der Waals surface area (Å²) in [6.45, 7) is 4.18. The fourth-order valence-corrected chi connectivity index (χ4v) is 3.88. The molecule has 2 heterocycles. The third kappa shape index (κ3) is 3.53. The van der Waals surface area contributed by atoms with Gasteiger partial charge in [-0.15, -0.1) is 0 Å². The van der Waals surface area contributed by atoms with E-state index in [0.29, 0.717) is 26.2 Å². The van der Waals surface area contributed by atoms with E-state index in [1.54, 1.807) is 0 Å². The van der Waals surface area contributed by atoms with Crippen molar-refractivity contribution in [3.63, 3.8) is 0 Å². The highest BCUT2D eigenvalue weighted by Gasteiger charge is 2.26. The molecule has 0 N–H and O–H groups in total. The Labute approximate surface area is 162 Å². The van der Waals surface area contributed by atoms with Gasteiger partial charge in [0, 0.05) is 50.6 Å². The van der Waals surface area contributed by atoms with Gasteiger partial charge in [-0.3, -0.25) is 4.79 Å². The van der Waals surface area contributed by atoms with Crippen LogP contribution in [0.3, 0.4) is 0 Å². The normalized spacial score (nSPS) is 17.3. The predicted octanol–water partition coefficient (Wildman–Crippen LogP) is 3.67. The van der Waals surface area contributed by atoms with Crippen molar-refractivity contribution in [3.05, 3.63) is 59.4 Å². The molecule has 2 aliphatic heterocycles. The highest BCUT2D eigenvalue weighted by Crippen LogP contribution is 2.25. The summed E-state index contributed by atoms with van der Waals surface area (Å²) in [4.78, 5) is 18.5. The second-order valence-corrected chi connectivity index (χ2v) is 7.21. The molecule has 0 aliphatic carbocycles. The van der Waals surface area contributed by atoms with Crippen LogP contribution in [0.1, 0.15) is 23.2 Å². The summed E-state index contributed by atoms with van der Waals surface area (Å²) in [6.07, 6.45) is 2.46. The van der Waals surface area contributed by atoms with E-state index < -0.39 is 28.9 Å². The van der Waals surface area contributed by atoms with Crippen molar-refractivity contribution in [1.29, 1.82) is 0 Å². The first-order valence-corrected chi connectivity index (χ1v) is 9.57. The van der Waals surface area contributed by atoms with Gasteiger partial charge in [0.1, 0.15) is 0 Å². The fraction of sp³-hybridized carbons (Fsp3) is 0.381. The Morgan fingerprint density at radius 3 is 1.79 bits per heavy atom. The molecule has 7 heteroatoms. The quantitative estimate of drug-likeness (QED) is 0.750. The first-order chi connectivity index (χ1) is 13.5. The van der Waals surface area contributed by atoms with Crippen molar-refractivity contribution in [1.82, 2.24) is 4.90 Å². The van der Waals surface area contributed by atoms with E-state index in [-0.39, 0.29) is 0 Å². The molecule has 0 bridgehead atoms. The third-order valence-corrected chi connectivity index (χ3v) is 5.52. The lowest BCUT2D eigenvalue weighted by molar-refractivity contribution is 0.0740. The Morgan fingerprint density at radius 2 is 1.21 bits per heavy atom. The van der Waals surface area contributed by atoms with Gasteiger partial charge in [-0.05, 0) is 49.2 Å². The van der Waals surface area contributed by atoms with E-state index >= 15 is 0 Å². The minimum absolute atomic E-state index is 0.394. The number of amides is 1. The van der Waals surface area contributed by atoms with Crippen molar-refractivity contribution < 1.29 is 18.0 Å². The van der Waals surface area contributed by atoms with Crippen molar-refractivity contribution in [2.24, 2.45) is 0 Å². The van der Waals surface area contributed by atoms with Gasteiger partial charge in [0.25, 0.3) is 5.91 Å². The lowest BCUT2D eigenvalue weighted by Gasteiger charge is -2.36. The first kappa shape index (κ1) is 18.7. The summed E-state index contributed by atoms with van der Waals surface area (Å²) < 4.78 is 40.4. The van der Waals surface area contributed by atoms with Crippen LogP contribution in [0.15, 0.2) is 36.4 Å². The minimum Gasteiger partial charge on any atom is -0.372 e. The molecule has 2 aromatic carbocycles. The van der Waals surface area contributed by atoms with Crippen LogP contribution in [0.4, 0.5) is 24.5 Å². The zero-order valence-corrected chi connectivity index (χ0v) is 15.5. The summed E-state index contributed by atoms with van der Waals surface area (Å²) >= 11 is 0. The maximum absolute atomic E-state index is 13.9. The molecule has 1 amide bonds. The second-order valence-electron chi connectivity index (χ2n) is 7.21. The van der Waals surface area contributed by atoms with Gasteiger partial charge in [0.15, 0.2) is 17.5 Å². The number of anilines is 2. The molecule has 4 nitrogen and oxygen atoms in total. The molecule has 2 aromatic rings. The molecule has 0 spiro atoms. The smallest absolute Gasteiger partial charge is 0.257 e. The van der Waals surface area contributed by atoms with Crippen molar-refractivity contribution in [3.8, 4) is 0 Å². The summed E-state index contributed by atoms with van der Waals surface area (Å²) in [5.74, 6) is -4.94. The van der Waals surface area contributed by atoms with Gasteiger partial charge >= 0.3 is 0 Å². The standard InChI is InChI=1S/C21H22F3N3O/c22-18-8-7-17(19(23)20(18)24)21(28)27-13-11-26(12-14-27)16-5-3-15(4-6-16)25-9-1-2-10-25/h3-8H,1-2,9-14H2. The number of hydrogen-bond donors (Lipinski definition) is 0. The Morgan fingerprint density at radius 1 is 0.679 bits per heavy atom. The maximum atomic E-state index is 13.9. The number of halogens is 3. The van der Waals surface area contributed by atoms with Crippen molar-refractivity contribution >= 4 is 17.3 Å². The Bertz CT molecular complexity index is 858. The van der Waals surface area contributed by atoms with Crippen molar-refractivity contribution in [2.45, 2.75) is 12.8 Å². The monoisotopic (exact) mass is 389 g/mol. The van der Waals surface area contributed by atoms with E-state index in [0.717, 1.165) is 30.9 Å². The van der Waals surface area contributed by atoms with Crippen LogP contribution in [0.2, 0.25) is 0 Å². The highest BCUT2D eigenvalue weighted by atomic mass is 19.2. The van der Waals surface area contributed by atoms with E-state index in [1.165, 1.54) is 23.4 Å². The number of carbonyl (C=O) groups excluding carboxylic acids is 1. The highest BCUT2D eigenvalue weighted by molar-refractivity contribution is 5.94. The van der Waals surface area contributed by atoms with Crippen LogP contribution in [-0.4, -0.2) is 50.1 Å². The molecule has 4 rings (SSSR count). The molecule has 0 radical (unpaired) electrons. The minimum atomic E-state index is -1.61. The van der Waals surface area contributed by atoms with Crippen LogP contribution < -0.4 is 9.80 Å². The number of benzene rings is 2. The summed E-state index contributed by atoms with van der Waals surface area (Å²) in [7, 11) is 0. The average molecular weight is 389 g/mol. The zero-order chi connectivity index (χ0) is 19.7. The summed E-state index contributed by atoms with van der Waals surface area (Å²) in [5.41, 5.74) is 1.88. The summed E-state index contributed by atoms with van der Waals surface area (Å²) in [5, 5.41) is 0. The van der Waals surface area contributed by atoms with Gasteiger partial charge < -0.3 is 14.7 Å². The number of carbonyl (C=O) groups is 1. The van der Waals surface area contributed by atoms with Gasteiger partial charge in [-0.25, -0.2) is 13.2 Å². The Kier molecular flexibility index (Phi) is 5.15. The summed E-state index contributed by atoms with van der Waals surface area (Å²) in [6, 6.07) is 10.2. The van der Waals surface area contributed by atoms with Crippen molar-refractivity contribution in [2.75, 3.05) is 49.1 Å². The lowest BCUT2D eigenvalue weighted by Crippen LogP contribution is -2.49. The molecule has 0 saturated carbocycles. The molecule has 2 fully saturated rings. The topological polar surface area (TPSA) is 26.8 Å². The Balaban J connectivity index is 1.39. The molecule has 0 unspecified atom stereocenters. The van der Waals surface area contributed by atoms with Crippen LogP contribution in [0.5, 0.6) is 0 Å². The first-order valence-electron chi connectivity index (χ1n) is 9.57. The van der Waals surface area contributed by atoms with Gasteiger partial charge in [-0.2, -0.15) is 0 Å². The molecule has 0 atom stereocenters. The van der Waals surface area contributed by atoms with E-state index in [1.807, 2.05) is 0 Å².